The Bertz CT molecular complexity index is 182. The minimum absolute atomic E-state index is 0.229. The SMILES string of the molecule is O=C(O)C(F)C(O)C1CCNCC1. The van der Waals surface area contributed by atoms with Crippen LogP contribution in [0.25, 0.3) is 0 Å². The smallest absolute Gasteiger partial charge is 0.341 e. The molecule has 0 saturated carbocycles. The van der Waals surface area contributed by atoms with Crippen LogP contribution in [0.15, 0.2) is 0 Å². The maximum atomic E-state index is 12.8. The molecule has 5 heteroatoms. The summed E-state index contributed by atoms with van der Waals surface area (Å²) < 4.78 is 12.8. The lowest BCUT2D eigenvalue weighted by Crippen LogP contribution is -2.41. The second-order valence-electron chi connectivity index (χ2n) is 3.32. The van der Waals surface area contributed by atoms with Crippen molar-refractivity contribution in [2.24, 2.45) is 5.92 Å². The number of nitrogens with one attached hydrogen (secondary N) is 1. The van der Waals surface area contributed by atoms with Crippen LogP contribution in [0, 0.1) is 5.92 Å². The number of carboxylic acid groups (broad SMARTS) is 1. The highest BCUT2D eigenvalue weighted by Gasteiger charge is 2.33. The molecule has 0 aromatic heterocycles. The molecular formula is C8H14FNO3. The fraction of sp³-hybridized carbons (Fsp3) is 0.875. The summed E-state index contributed by atoms with van der Waals surface area (Å²) in [7, 11) is 0. The molecule has 0 bridgehead atoms. The highest BCUT2D eigenvalue weighted by Crippen LogP contribution is 2.20. The van der Waals surface area contributed by atoms with Gasteiger partial charge in [-0.1, -0.05) is 0 Å². The van der Waals surface area contributed by atoms with Crippen molar-refractivity contribution in [1.29, 1.82) is 0 Å². The van der Waals surface area contributed by atoms with E-state index in [0.717, 1.165) is 0 Å². The Kier molecular flexibility index (Phi) is 3.62. The van der Waals surface area contributed by atoms with Crippen molar-refractivity contribution in [3.63, 3.8) is 0 Å². The van der Waals surface area contributed by atoms with Crippen LogP contribution in [0.1, 0.15) is 12.8 Å². The highest BCUT2D eigenvalue weighted by atomic mass is 19.1. The Balaban J connectivity index is 2.44. The normalized spacial score (nSPS) is 23.8. The topological polar surface area (TPSA) is 69.6 Å². The monoisotopic (exact) mass is 191 g/mol. The molecule has 4 nitrogen and oxygen atoms in total. The Morgan fingerprint density at radius 3 is 2.46 bits per heavy atom. The molecule has 0 aromatic rings. The van der Waals surface area contributed by atoms with Crippen LogP contribution in [0.4, 0.5) is 4.39 Å². The summed E-state index contributed by atoms with van der Waals surface area (Å²) >= 11 is 0. The van der Waals surface area contributed by atoms with E-state index in [9.17, 15) is 14.3 Å². The predicted molar refractivity (Wildman–Crippen MR) is 44.1 cm³/mol. The first-order chi connectivity index (χ1) is 6.13. The Morgan fingerprint density at radius 2 is 2.00 bits per heavy atom. The second kappa shape index (κ2) is 4.53. The molecule has 0 amide bonds. The zero-order chi connectivity index (χ0) is 9.84. The number of carboxylic acids is 1. The molecule has 1 fully saturated rings. The van der Waals surface area contributed by atoms with Crippen LogP contribution >= 0.6 is 0 Å². The van der Waals surface area contributed by atoms with Crippen molar-refractivity contribution >= 4 is 5.97 Å². The molecule has 76 valence electrons. The lowest BCUT2D eigenvalue weighted by atomic mass is 9.90. The standard InChI is InChI=1S/C8H14FNO3/c9-6(8(12)13)7(11)5-1-3-10-4-2-5/h5-7,10-11H,1-4H2,(H,12,13). The van der Waals surface area contributed by atoms with Gasteiger partial charge in [-0.05, 0) is 31.8 Å². The van der Waals surface area contributed by atoms with Crippen molar-refractivity contribution in [2.45, 2.75) is 25.1 Å². The molecule has 3 N–H and O–H groups in total. The number of piperidine rings is 1. The molecule has 2 unspecified atom stereocenters. The summed E-state index contributed by atoms with van der Waals surface area (Å²) in [5.74, 6) is -1.81. The van der Waals surface area contributed by atoms with Crippen molar-refractivity contribution < 1.29 is 19.4 Å². The van der Waals surface area contributed by atoms with E-state index >= 15 is 0 Å². The number of alkyl halides is 1. The molecule has 1 heterocycles. The zero-order valence-electron chi connectivity index (χ0n) is 7.24. The fourth-order valence-corrected chi connectivity index (χ4v) is 1.57. The first-order valence-corrected chi connectivity index (χ1v) is 4.38. The van der Waals surface area contributed by atoms with E-state index in [-0.39, 0.29) is 5.92 Å². The van der Waals surface area contributed by atoms with Gasteiger partial charge in [-0.25, -0.2) is 9.18 Å². The molecule has 1 saturated heterocycles. The number of aliphatic carboxylic acids is 1. The van der Waals surface area contributed by atoms with Crippen LogP contribution in [0.5, 0.6) is 0 Å². The maximum Gasteiger partial charge on any atom is 0.341 e. The van der Waals surface area contributed by atoms with E-state index in [1.807, 2.05) is 0 Å². The van der Waals surface area contributed by atoms with E-state index in [0.29, 0.717) is 25.9 Å². The first kappa shape index (κ1) is 10.4. The summed E-state index contributed by atoms with van der Waals surface area (Å²) in [6, 6.07) is 0. The largest absolute Gasteiger partial charge is 0.479 e. The fourth-order valence-electron chi connectivity index (χ4n) is 1.57. The van der Waals surface area contributed by atoms with Crippen molar-refractivity contribution in [3.05, 3.63) is 0 Å². The molecule has 0 aromatic carbocycles. The maximum absolute atomic E-state index is 12.8. The van der Waals surface area contributed by atoms with Crippen LogP contribution in [-0.4, -0.2) is 41.5 Å². The van der Waals surface area contributed by atoms with Gasteiger partial charge in [0.2, 0.25) is 6.17 Å². The van der Waals surface area contributed by atoms with Gasteiger partial charge in [0.15, 0.2) is 0 Å². The van der Waals surface area contributed by atoms with Gasteiger partial charge in [-0.2, -0.15) is 0 Å². The molecule has 0 radical (unpaired) electrons. The average molecular weight is 191 g/mol. The number of aliphatic hydroxyl groups is 1. The summed E-state index contributed by atoms with van der Waals surface area (Å²) in [5.41, 5.74) is 0. The summed E-state index contributed by atoms with van der Waals surface area (Å²) in [5, 5.41) is 20.7. The number of halogens is 1. The van der Waals surface area contributed by atoms with Gasteiger partial charge in [0, 0.05) is 0 Å². The number of aliphatic hydroxyl groups excluding tert-OH is 1. The Hall–Kier alpha value is -0.680. The minimum Gasteiger partial charge on any atom is -0.479 e. The Morgan fingerprint density at radius 1 is 1.46 bits per heavy atom. The van der Waals surface area contributed by atoms with Gasteiger partial charge in [-0.15, -0.1) is 0 Å². The second-order valence-corrected chi connectivity index (χ2v) is 3.32. The quantitative estimate of drug-likeness (QED) is 0.576. The van der Waals surface area contributed by atoms with Crippen LogP contribution in [-0.2, 0) is 4.79 Å². The highest BCUT2D eigenvalue weighted by molar-refractivity contribution is 5.72. The lowest BCUT2D eigenvalue weighted by molar-refractivity contribution is -0.149. The van der Waals surface area contributed by atoms with E-state index in [2.05, 4.69) is 5.32 Å². The van der Waals surface area contributed by atoms with Crippen LogP contribution < -0.4 is 5.32 Å². The third-order valence-corrected chi connectivity index (χ3v) is 2.40. The summed E-state index contributed by atoms with van der Waals surface area (Å²) in [4.78, 5) is 10.2. The van der Waals surface area contributed by atoms with Gasteiger partial charge in [0.25, 0.3) is 0 Å². The van der Waals surface area contributed by atoms with E-state index in [1.54, 1.807) is 0 Å². The van der Waals surface area contributed by atoms with E-state index in [4.69, 9.17) is 5.11 Å². The predicted octanol–water partition coefficient (Wildman–Crippen LogP) is -0.230. The minimum atomic E-state index is -2.15. The van der Waals surface area contributed by atoms with Gasteiger partial charge in [0.05, 0.1) is 6.10 Å². The third-order valence-electron chi connectivity index (χ3n) is 2.40. The third kappa shape index (κ3) is 2.63. The van der Waals surface area contributed by atoms with Gasteiger partial charge in [-0.3, -0.25) is 0 Å². The van der Waals surface area contributed by atoms with Crippen LogP contribution in [0.3, 0.4) is 0 Å². The number of hydrogen-bond acceptors (Lipinski definition) is 3. The first-order valence-electron chi connectivity index (χ1n) is 4.38. The van der Waals surface area contributed by atoms with Crippen molar-refractivity contribution in [2.75, 3.05) is 13.1 Å². The molecule has 13 heavy (non-hydrogen) atoms. The molecule has 1 rings (SSSR count). The molecule has 1 aliphatic heterocycles. The zero-order valence-corrected chi connectivity index (χ0v) is 7.24. The molecule has 0 aliphatic carbocycles. The Labute approximate surface area is 75.8 Å². The number of rotatable bonds is 3. The summed E-state index contributed by atoms with van der Waals surface area (Å²) in [6.07, 6.45) is -2.24. The summed E-state index contributed by atoms with van der Waals surface area (Å²) in [6.45, 7) is 1.43. The lowest BCUT2D eigenvalue weighted by Gasteiger charge is -2.27. The molecule has 2 atom stereocenters. The van der Waals surface area contributed by atoms with Crippen LogP contribution in [0.2, 0.25) is 0 Å². The van der Waals surface area contributed by atoms with Gasteiger partial charge < -0.3 is 15.5 Å². The van der Waals surface area contributed by atoms with Crippen molar-refractivity contribution in [1.82, 2.24) is 5.32 Å². The molecular weight excluding hydrogens is 177 g/mol. The van der Waals surface area contributed by atoms with Crippen molar-refractivity contribution in [3.8, 4) is 0 Å². The van der Waals surface area contributed by atoms with Gasteiger partial charge >= 0.3 is 5.97 Å². The average Bonchev–Trinajstić information content (AvgIpc) is 2.17. The van der Waals surface area contributed by atoms with Gasteiger partial charge in [0.1, 0.15) is 0 Å². The van der Waals surface area contributed by atoms with E-state index < -0.39 is 18.2 Å². The molecule has 1 aliphatic rings. The number of carbonyl (C=O) groups is 1. The van der Waals surface area contributed by atoms with E-state index in [1.165, 1.54) is 0 Å². The number of hydrogen-bond donors (Lipinski definition) is 3. The molecule has 0 spiro atoms.